The van der Waals surface area contributed by atoms with Crippen LogP contribution in [0.5, 0.6) is 0 Å². The number of carbonyl (C=O) groups is 2. The number of likely N-dealkylation sites (N-methyl/N-ethyl adjacent to an activating group) is 1. The van der Waals surface area contributed by atoms with Crippen molar-refractivity contribution in [2.24, 2.45) is 0 Å². The van der Waals surface area contributed by atoms with Crippen LogP contribution >= 0.6 is 11.3 Å². The van der Waals surface area contributed by atoms with Crippen molar-refractivity contribution in [3.63, 3.8) is 0 Å². The molecule has 0 saturated heterocycles. The van der Waals surface area contributed by atoms with Gasteiger partial charge in [0.25, 0.3) is 5.91 Å². The Balaban J connectivity index is 1.42. The highest BCUT2D eigenvalue weighted by molar-refractivity contribution is 7.18. The number of aromatic nitrogens is 3. The lowest BCUT2D eigenvalue weighted by molar-refractivity contribution is -0.139. The van der Waals surface area contributed by atoms with E-state index in [-0.39, 0.29) is 11.6 Å². The molecule has 1 amide bonds. The summed E-state index contributed by atoms with van der Waals surface area (Å²) < 4.78 is 8.24. The van der Waals surface area contributed by atoms with Gasteiger partial charge in [0.1, 0.15) is 10.7 Å². The molecule has 0 bridgehead atoms. The standard InChI is InChI=1S/C21H20N4O3S/c1-13-7-6-10-18-22-16(11-25(13)18)21(27)28-14(2)20(26)24(3)12-19-23-15-8-4-5-9-17(15)29-19/h4-11,14H,12H2,1-3H3. The molecule has 0 radical (unpaired) electrons. The fourth-order valence-electron chi connectivity index (χ4n) is 3.10. The van der Waals surface area contributed by atoms with Crippen molar-refractivity contribution in [1.82, 2.24) is 19.3 Å². The quantitative estimate of drug-likeness (QED) is 0.473. The number of hydrogen-bond acceptors (Lipinski definition) is 6. The van der Waals surface area contributed by atoms with Gasteiger partial charge in [-0.25, -0.2) is 14.8 Å². The zero-order valence-corrected chi connectivity index (χ0v) is 17.1. The van der Waals surface area contributed by atoms with Gasteiger partial charge in [0.15, 0.2) is 11.8 Å². The maximum Gasteiger partial charge on any atom is 0.359 e. The summed E-state index contributed by atoms with van der Waals surface area (Å²) >= 11 is 1.54. The lowest BCUT2D eigenvalue weighted by Crippen LogP contribution is -2.37. The third-order valence-electron chi connectivity index (χ3n) is 4.62. The molecule has 4 aromatic rings. The number of nitrogens with zero attached hydrogens (tertiary/aromatic N) is 4. The van der Waals surface area contributed by atoms with Crippen molar-refractivity contribution >= 4 is 39.1 Å². The molecule has 0 saturated carbocycles. The lowest BCUT2D eigenvalue weighted by atomic mass is 10.3. The fraction of sp³-hybridized carbons (Fsp3) is 0.238. The lowest BCUT2D eigenvalue weighted by Gasteiger charge is -2.20. The number of imidazole rings is 1. The zero-order valence-electron chi connectivity index (χ0n) is 16.3. The summed E-state index contributed by atoms with van der Waals surface area (Å²) in [5.74, 6) is -0.917. The number of rotatable bonds is 5. The van der Waals surface area contributed by atoms with Crippen molar-refractivity contribution in [2.45, 2.75) is 26.5 Å². The summed E-state index contributed by atoms with van der Waals surface area (Å²) in [5.41, 5.74) is 2.69. The number of esters is 1. The molecule has 4 rings (SSSR count). The van der Waals surface area contributed by atoms with Crippen molar-refractivity contribution in [3.8, 4) is 0 Å². The highest BCUT2D eigenvalue weighted by Gasteiger charge is 2.24. The summed E-state index contributed by atoms with van der Waals surface area (Å²) in [7, 11) is 1.67. The second-order valence-corrected chi connectivity index (χ2v) is 7.95. The summed E-state index contributed by atoms with van der Waals surface area (Å²) in [5, 5.41) is 0.830. The van der Waals surface area contributed by atoms with Gasteiger partial charge in [0, 0.05) is 18.9 Å². The minimum absolute atomic E-state index is 0.174. The van der Waals surface area contributed by atoms with Gasteiger partial charge in [-0.3, -0.25) is 4.79 Å². The zero-order chi connectivity index (χ0) is 20.5. The van der Waals surface area contributed by atoms with E-state index in [9.17, 15) is 9.59 Å². The smallest absolute Gasteiger partial charge is 0.359 e. The number of fused-ring (bicyclic) bond motifs is 2. The van der Waals surface area contributed by atoms with Crippen LogP contribution in [0.4, 0.5) is 0 Å². The van der Waals surface area contributed by atoms with Crippen molar-refractivity contribution in [1.29, 1.82) is 0 Å². The molecule has 0 aliphatic heterocycles. The Labute approximate surface area is 171 Å². The van der Waals surface area contributed by atoms with Crippen LogP contribution in [-0.2, 0) is 16.1 Å². The number of thiazole rings is 1. The van der Waals surface area contributed by atoms with E-state index in [1.807, 2.05) is 53.8 Å². The second-order valence-electron chi connectivity index (χ2n) is 6.84. The normalized spacial score (nSPS) is 12.2. The number of amides is 1. The first-order valence-electron chi connectivity index (χ1n) is 9.17. The third kappa shape index (κ3) is 3.84. The number of para-hydroxylation sites is 1. The molecule has 1 unspecified atom stereocenters. The molecule has 1 aromatic carbocycles. The Morgan fingerprint density at radius 2 is 1.97 bits per heavy atom. The average Bonchev–Trinajstić information content (AvgIpc) is 3.31. The Kier molecular flexibility index (Phi) is 5.02. The minimum atomic E-state index is -0.923. The topological polar surface area (TPSA) is 76.8 Å². The first-order valence-corrected chi connectivity index (χ1v) is 9.99. The van der Waals surface area contributed by atoms with Crippen LogP contribution < -0.4 is 0 Å². The molecule has 3 aromatic heterocycles. The predicted octanol–water partition coefficient (Wildman–Crippen LogP) is 3.46. The summed E-state index contributed by atoms with van der Waals surface area (Å²) in [6.07, 6.45) is 0.697. The van der Waals surface area contributed by atoms with Gasteiger partial charge in [0.05, 0.1) is 16.8 Å². The van der Waals surface area contributed by atoms with E-state index in [0.717, 1.165) is 20.9 Å². The van der Waals surface area contributed by atoms with Gasteiger partial charge < -0.3 is 14.0 Å². The number of ether oxygens (including phenoxy) is 1. The number of pyridine rings is 1. The van der Waals surface area contributed by atoms with Gasteiger partial charge in [-0.15, -0.1) is 11.3 Å². The molecular weight excluding hydrogens is 388 g/mol. The molecular formula is C21H20N4O3S. The van der Waals surface area contributed by atoms with Gasteiger partial charge in [-0.05, 0) is 38.1 Å². The Morgan fingerprint density at radius 3 is 2.72 bits per heavy atom. The van der Waals surface area contributed by atoms with Crippen LogP contribution in [0.3, 0.4) is 0 Å². The molecule has 1 atom stereocenters. The monoisotopic (exact) mass is 408 g/mol. The molecule has 0 N–H and O–H groups in total. The summed E-state index contributed by atoms with van der Waals surface area (Å²) in [6, 6.07) is 13.4. The number of carbonyl (C=O) groups excluding carboxylic acids is 2. The molecule has 8 heteroatoms. The van der Waals surface area contributed by atoms with Crippen LogP contribution in [0.15, 0.2) is 48.7 Å². The van der Waals surface area contributed by atoms with Gasteiger partial charge in [-0.1, -0.05) is 18.2 Å². The minimum Gasteiger partial charge on any atom is -0.448 e. The molecule has 148 valence electrons. The van der Waals surface area contributed by atoms with Gasteiger partial charge in [0.2, 0.25) is 0 Å². The number of aryl methyl sites for hydroxylation is 1. The van der Waals surface area contributed by atoms with E-state index in [1.165, 1.54) is 4.90 Å². The van der Waals surface area contributed by atoms with E-state index in [2.05, 4.69) is 9.97 Å². The average molecular weight is 408 g/mol. The first-order chi connectivity index (χ1) is 13.9. The highest BCUT2D eigenvalue weighted by Crippen LogP contribution is 2.22. The van der Waals surface area contributed by atoms with Crippen molar-refractivity contribution in [2.75, 3.05) is 7.05 Å². The van der Waals surface area contributed by atoms with E-state index in [0.29, 0.717) is 12.2 Å². The van der Waals surface area contributed by atoms with Crippen molar-refractivity contribution < 1.29 is 14.3 Å². The molecule has 3 heterocycles. The van der Waals surface area contributed by atoms with E-state index >= 15 is 0 Å². The third-order valence-corrected chi connectivity index (χ3v) is 5.64. The van der Waals surface area contributed by atoms with Crippen molar-refractivity contribution in [3.05, 3.63) is 65.1 Å². The number of benzene rings is 1. The molecule has 0 aliphatic rings. The van der Waals surface area contributed by atoms with E-state index in [1.54, 1.807) is 31.5 Å². The van der Waals surface area contributed by atoms with E-state index < -0.39 is 12.1 Å². The maximum absolute atomic E-state index is 12.7. The Hall–Kier alpha value is -3.26. The van der Waals surface area contributed by atoms with Gasteiger partial charge in [-0.2, -0.15) is 0 Å². The van der Waals surface area contributed by atoms with Crippen LogP contribution in [-0.4, -0.2) is 44.3 Å². The Bertz CT molecular complexity index is 1180. The fourth-order valence-corrected chi connectivity index (χ4v) is 4.12. The molecule has 29 heavy (non-hydrogen) atoms. The van der Waals surface area contributed by atoms with Crippen LogP contribution in [0.2, 0.25) is 0 Å². The molecule has 0 fully saturated rings. The van der Waals surface area contributed by atoms with Crippen LogP contribution in [0, 0.1) is 6.92 Å². The largest absolute Gasteiger partial charge is 0.448 e. The van der Waals surface area contributed by atoms with E-state index in [4.69, 9.17) is 4.74 Å². The maximum atomic E-state index is 12.7. The summed E-state index contributed by atoms with van der Waals surface area (Å²) in [6.45, 7) is 3.84. The SMILES string of the molecule is Cc1cccc2nc(C(=O)OC(C)C(=O)N(C)Cc3nc4ccccc4s3)cn12. The highest BCUT2D eigenvalue weighted by atomic mass is 32.1. The Morgan fingerprint density at radius 1 is 1.17 bits per heavy atom. The molecule has 7 nitrogen and oxygen atoms in total. The molecule has 0 aliphatic carbocycles. The first kappa shape index (κ1) is 19.1. The number of hydrogen-bond donors (Lipinski definition) is 0. The molecule has 0 spiro atoms. The second kappa shape index (κ2) is 7.63. The van der Waals surface area contributed by atoms with Crippen LogP contribution in [0.25, 0.3) is 15.9 Å². The summed E-state index contributed by atoms with van der Waals surface area (Å²) in [4.78, 5) is 35.5. The van der Waals surface area contributed by atoms with Gasteiger partial charge >= 0.3 is 5.97 Å². The van der Waals surface area contributed by atoms with Crippen LogP contribution in [0.1, 0.15) is 28.1 Å². The predicted molar refractivity (Wildman–Crippen MR) is 111 cm³/mol.